The van der Waals surface area contributed by atoms with Crippen molar-refractivity contribution < 1.29 is 9.59 Å². The van der Waals surface area contributed by atoms with Crippen LogP contribution in [0.4, 0.5) is 0 Å². The van der Waals surface area contributed by atoms with Crippen LogP contribution in [0.2, 0.25) is 0 Å². The van der Waals surface area contributed by atoms with E-state index in [9.17, 15) is 9.59 Å². The summed E-state index contributed by atoms with van der Waals surface area (Å²) in [5.74, 6) is -0.0712. The molecule has 0 spiro atoms. The summed E-state index contributed by atoms with van der Waals surface area (Å²) in [5.41, 5.74) is 3.97. The molecule has 0 unspecified atom stereocenters. The third-order valence-electron chi connectivity index (χ3n) is 4.46. The van der Waals surface area contributed by atoms with Gasteiger partial charge in [-0.3, -0.25) is 9.59 Å². The number of benzene rings is 2. The number of carbonyl (C=O) groups excluding carboxylic acids is 2. The van der Waals surface area contributed by atoms with E-state index in [1.54, 1.807) is 19.2 Å². The van der Waals surface area contributed by atoms with Gasteiger partial charge in [0.05, 0.1) is 0 Å². The second-order valence-corrected chi connectivity index (χ2v) is 6.27. The molecule has 1 heterocycles. The minimum absolute atomic E-state index is 0.0419. The van der Waals surface area contributed by atoms with Gasteiger partial charge in [0.25, 0.3) is 5.91 Å². The van der Waals surface area contributed by atoms with Gasteiger partial charge >= 0.3 is 0 Å². The van der Waals surface area contributed by atoms with Crippen molar-refractivity contribution in [2.45, 2.75) is 25.8 Å². The fraction of sp³-hybridized carbons (Fsp3) is 0.238. The van der Waals surface area contributed by atoms with Crippen molar-refractivity contribution in [2.24, 2.45) is 0 Å². The third kappa shape index (κ3) is 4.30. The number of hydrogen-bond acceptors (Lipinski definition) is 2. The fourth-order valence-electron chi connectivity index (χ4n) is 2.99. The van der Waals surface area contributed by atoms with E-state index in [0.29, 0.717) is 18.5 Å². The molecular formula is C21H23N3O2. The highest BCUT2D eigenvalue weighted by atomic mass is 16.2. The van der Waals surface area contributed by atoms with Crippen LogP contribution >= 0.6 is 0 Å². The molecule has 2 amide bonds. The van der Waals surface area contributed by atoms with Gasteiger partial charge in [-0.25, -0.2) is 0 Å². The molecule has 5 nitrogen and oxygen atoms in total. The zero-order valence-electron chi connectivity index (χ0n) is 14.8. The molecule has 2 aromatic carbocycles. The van der Waals surface area contributed by atoms with E-state index in [0.717, 1.165) is 23.9 Å². The van der Waals surface area contributed by atoms with Crippen LogP contribution < -0.4 is 10.6 Å². The quantitative estimate of drug-likeness (QED) is 0.613. The number of aryl methyl sites for hydroxylation is 1. The summed E-state index contributed by atoms with van der Waals surface area (Å²) in [6, 6.07) is 15.4. The Bertz CT molecular complexity index is 897. The molecule has 1 aromatic heterocycles. The third-order valence-corrected chi connectivity index (χ3v) is 4.46. The molecule has 3 N–H and O–H groups in total. The lowest BCUT2D eigenvalue weighted by atomic mass is 10.1. The van der Waals surface area contributed by atoms with E-state index < -0.39 is 0 Å². The molecule has 0 aliphatic rings. The zero-order chi connectivity index (χ0) is 18.4. The second-order valence-electron chi connectivity index (χ2n) is 6.27. The summed E-state index contributed by atoms with van der Waals surface area (Å²) < 4.78 is 0. The van der Waals surface area contributed by atoms with Gasteiger partial charge in [0.1, 0.15) is 0 Å². The number of amides is 2. The molecule has 0 fully saturated rings. The van der Waals surface area contributed by atoms with Crippen molar-refractivity contribution >= 4 is 22.7 Å². The van der Waals surface area contributed by atoms with Crippen molar-refractivity contribution in [1.29, 1.82) is 0 Å². The van der Waals surface area contributed by atoms with Gasteiger partial charge < -0.3 is 15.6 Å². The van der Waals surface area contributed by atoms with E-state index in [4.69, 9.17) is 0 Å². The van der Waals surface area contributed by atoms with Crippen LogP contribution in [0.5, 0.6) is 0 Å². The van der Waals surface area contributed by atoms with E-state index in [1.807, 2.05) is 30.5 Å². The molecule has 134 valence electrons. The first-order valence-electron chi connectivity index (χ1n) is 8.80. The number of fused-ring (bicyclic) bond motifs is 1. The van der Waals surface area contributed by atoms with E-state index >= 15 is 0 Å². The Hall–Kier alpha value is -3.08. The molecule has 0 aliphatic heterocycles. The van der Waals surface area contributed by atoms with E-state index in [-0.39, 0.29) is 11.8 Å². The molecule has 0 saturated heterocycles. The van der Waals surface area contributed by atoms with Crippen LogP contribution in [0.3, 0.4) is 0 Å². The molecule has 0 atom stereocenters. The number of H-pyrrole nitrogens is 1. The monoisotopic (exact) mass is 349 g/mol. The van der Waals surface area contributed by atoms with Crippen molar-refractivity contribution in [2.75, 3.05) is 7.05 Å². The average molecular weight is 349 g/mol. The SMILES string of the molecule is CNC(=O)c1ccc(CNC(=O)CCCc2c[nH]c3ccccc23)cc1. The first-order chi connectivity index (χ1) is 12.7. The second kappa shape index (κ2) is 8.34. The standard InChI is InChI=1S/C21H23N3O2/c1-22-21(26)16-11-9-15(10-12-16)13-24-20(25)8-4-5-17-14-23-19-7-3-2-6-18(17)19/h2-3,6-7,9-12,14,23H,4-5,8,13H2,1H3,(H,22,26)(H,24,25). The minimum atomic E-state index is -0.113. The highest BCUT2D eigenvalue weighted by molar-refractivity contribution is 5.93. The molecule has 3 rings (SSSR count). The molecular weight excluding hydrogens is 326 g/mol. The lowest BCUT2D eigenvalue weighted by Crippen LogP contribution is -2.22. The van der Waals surface area contributed by atoms with Crippen molar-refractivity contribution in [1.82, 2.24) is 15.6 Å². The molecule has 5 heteroatoms. The first-order valence-corrected chi connectivity index (χ1v) is 8.80. The lowest BCUT2D eigenvalue weighted by Gasteiger charge is -2.06. The van der Waals surface area contributed by atoms with Crippen molar-refractivity contribution in [3.63, 3.8) is 0 Å². The van der Waals surface area contributed by atoms with Gasteiger partial charge in [-0.1, -0.05) is 30.3 Å². The Kier molecular flexibility index (Phi) is 5.69. The van der Waals surface area contributed by atoms with Crippen LogP contribution in [0.25, 0.3) is 10.9 Å². The molecule has 0 radical (unpaired) electrons. The van der Waals surface area contributed by atoms with Gasteiger partial charge in [-0.15, -0.1) is 0 Å². The van der Waals surface area contributed by atoms with E-state index in [2.05, 4.69) is 27.8 Å². The summed E-state index contributed by atoms with van der Waals surface area (Å²) in [7, 11) is 1.60. The number of nitrogens with one attached hydrogen (secondary N) is 3. The highest BCUT2D eigenvalue weighted by Crippen LogP contribution is 2.19. The normalized spacial score (nSPS) is 10.7. The summed E-state index contributed by atoms with van der Waals surface area (Å²) in [5, 5.41) is 6.74. The Balaban J connectivity index is 1.43. The van der Waals surface area contributed by atoms with Gasteiger partial charge in [0.2, 0.25) is 5.91 Å². The van der Waals surface area contributed by atoms with Crippen molar-refractivity contribution in [3.8, 4) is 0 Å². The summed E-state index contributed by atoms with van der Waals surface area (Å²) in [6.45, 7) is 0.472. The smallest absolute Gasteiger partial charge is 0.251 e. The predicted octanol–water partition coefficient (Wildman–Crippen LogP) is 3.17. The van der Waals surface area contributed by atoms with Gasteiger partial charge in [0.15, 0.2) is 0 Å². The number of aromatic nitrogens is 1. The predicted molar refractivity (Wildman–Crippen MR) is 103 cm³/mol. The fourth-order valence-corrected chi connectivity index (χ4v) is 2.99. The molecule has 0 aliphatic carbocycles. The summed E-state index contributed by atoms with van der Waals surface area (Å²) >= 11 is 0. The summed E-state index contributed by atoms with van der Waals surface area (Å²) in [6.07, 6.45) is 4.20. The maximum Gasteiger partial charge on any atom is 0.251 e. The van der Waals surface area contributed by atoms with Crippen LogP contribution in [0.1, 0.15) is 34.3 Å². The summed E-state index contributed by atoms with van der Waals surface area (Å²) in [4.78, 5) is 26.8. The topological polar surface area (TPSA) is 74.0 Å². The van der Waals surface area contributed by atoms with Crippen LogP contribution in [-0.4, -0.2) is 23.8 Å². The molecule has 26 heavy (non-hydrogen) atoms. The largest absolute Gasteiger partial charge is 0.361 e. The van der Waals surface area contributed by atoms with Crippen molar-refractivity contribution in [3.05, 3.63) is 71.4 Å². The zero-order valence-corrected chi connectivity index (χ0v) is 14.8. The van der Waals surface area contributed by atoms with Gasteiger partial charge in [0, 0.05) is 42.7 Å². The number of rotatable bonds is 7. The first kappa shape index (κ1) is 17.7. The molecule has 3 aromatic rings. The Labute approximate surface area is 152 Å². The van der Waals surface area contributed by atoms with Gasteiger partial charge in [-0.05, 0) is 42.2 Å². The number of hydrogen-bond donors (Lipinski definition) is 3. The maximum atomic E-state index is 12.0. The van der Waals surface area contributed by atoms with Gasteiger partial charge in [-0.2, -0.15) is 0 Å². The Morgan fingerprint density at radius 2 is 1.81 bits per heavy atom. The van der Waals surface area contributed by atoms with E-state index in [1.165, 1.54) is 10.9 Å². The average Bonchev–Trinajstić information content (AvgIpc) is 3.09. The van der Waals surface area contributed by atoms with Crippen LogP contribution in [0, 0.1) is 0 Å². The van der Waals surface area contributed by atoms with Crippen LogP contribution in [-0.2, 0) is 17.8 Å². The highest BCUT2D eigenvalue weighted by Gasteiger charge is 2.06. The lowest BCUT2D eigenvalue weighted by molar-refractivity contribution is -0.121. The Morgan fingerprint density at radius 3 is 2.58 bits per heavy atom. The number of aromatic amines is 1. The molecule has 0 bridgehead atoms. The minimum Gasteiger partial charge on any atom is -0.361 e. The number of para-hydroxylation sites is 1. The number of carbonyl (C=O) groups is 2. The maximum absolute atomic E-state index is 12.0. The molecule has 0 saturated carbocycles. The Morgan fingerprint density at radius 1 is 1.04 bits per heavy atom. The van der Waals surface area contributed by atoms with Crippen LogP contribution in [0.15, 0.2) is 54.7 Å².